The molecule has 0 aliphatic rings. The summed E-state index contributed by atoms with van der Waals surface area (Å²) in [5.41, 5.74) is 2.45. The highest BCUT2D eigenvalue weighted by molar-refractivity contribution is 5.87. The monoisotopic (exact) mass is 475 g/mol. The van der Waals surface area contributed by atoms with E-state index in [4.69, 9.17) is 14.2 Å². The van der Waals surface area contributed by atoms with Crippen LogP contribution >= 0.6 is 0 Å². The Morgan fingerprint density at radius 1 is 0.971 bits per heavy atom. The fourth-order valence-electron chi connectivity index (χ4n) is 4.87. The standard InChI is InChI=1S/C29H37N3O3/c1-20(2)29(19-30,22-11-13-25(33-5)27(18-22)35-7)15-9-17-32(4)21(3)23-12-14-26(34-6)28-24(23)10-8-16-31-28/h8,10-14,16,18,20-21H,9,15,17H2,1-7H3. The molecule has 0 radical (unpaired) electrons. The van der Waals surface area contributed by atoms with Crippen molar-refractivity contribution in [3.05, 3.63) is 59.8 Å². The molecule has 1 heterocycles. The highest BCUT2D eigenvalue weighted by atomic mass is 16.5. The summed E-state index contributed by atoms with van der Waals surface area (Å²) in [7, 11) is 7.06. The molecule has 6 nitrogen and oxygen atoms in total. The van der Waals surface area contributed by atoms with E-state index in [0.717, 1.165) is 41.6 Å². The van der Waals surface area contributed by atoms with Crippen LogP contribution in [0, 0.1) is 17.2 Å². The third-order valence-corrected chi connectivity index (χ3v) is 7.26. The van der Waals surface area contributed by atoms with Crippen LogP contribution in [0.25, 0.3) is 10.9 Å². The molecule has 0 fully saturated rings. The number of nitriles is 1. The molecule has 0 saturated carbocycles. The maximum absolute atomic E-state index is 10.4. The largest absolute Gasteiger partial charge is 0.494 e. The Morgan fingerprint density at radius 3 is 2.29 bits per heavy atom. The van der Waals surface area contributed by atoms with Crippen molar-refractivity contribution in [2.75, 3.05) is 34.9 Å². The molecule has 0 aliphatic carbocycles. The highest BCUT2D eigenvalue weighted by Crippen LogP contribution is 2.41. The Kier molecular flexibility index (Phi) is 8.58. The summed E-state index contributed by atoms with van der Waals surface area (Å²) in [6, 6.07) is 16.8. The Labute approximate surface area is 209 Å². The molecule has 0 spiro atoms. The van der Waals surface area contributed by atoms with Gasteiger partial charge in [-0.3, -0.25) is 9.88 Å². The number of ether oxygens (including phenoxy) is 3. The minimum absolute atomic E-state index is 0.143. The predicted octanol–water partition coefficient (Wildman–Crippen LogP) is 6.15. The number of aromatic nitrogens is 1. The average molecular weight is 476 g/mol. The van der Waals surface area contributed by atoms with Crippen LogP contribution in [0.15, 0.2) is 48.7 Å². The van der Waals surface area contributed by atoms with Crippen molar-refractivity contribution >= 4 is 10.9 Å². The van der Waals surface area contributed by atoms with Gasteiger partial charge in [-0.15, -0.1) is 0 Å². The molecular formula is C29H37N3O3. The third-order valence-electron chi connectivity index (χ3n) is 7.26. The van der Waals surface area contributed by atoms with Gasteiger partial charge in [0.15, 0.2) is 11.5 Å². The van der Waals surface area contributed by atoms with Crippen LogP contribution < -0.4 is 14.2 Å². The lowest BCUT2D eigenvalue weighted by atomic mass is 9.69. The molecule has 3 aromatic rings. The van der Waals surface area contributed by atoms with Gasteiger partial charge in [0.05, 0.1) is 32.8 Å². The van der Waals surface area contributed by atoms with E-state index in [0.29, 0.717) is 11.5 Å². The molecule has 2 atom stereocenters. The molecule has 0 amide bonds. The Hall–Kier alpha value is -3.30. The predicted molar refractivity (Wildman–Crippen MR) is 140 cm³/mol. The number of benzene rings is 2. The Morgan fingerprint density at radius 2 is 1.66 bits per heavy atom. The van der Waals surface area contributed by atoms with Crippen LogP contribution in [0.3, 0.4) is 0 Å². The lowest BCUT2D eigenvalue weighted by molar-refractivity contribution is 0.242. The maximum atomic E-state index is 10.4. The molecule has 1 aromatic heterocycles. The maximum Gasteiger partial charge on any atom is 0.161 e. The van der Waals surface area contributed by atoms with Gasteiger partial charge in [0.2, 0.25) is 0 Å². The fourth-order valence-corrected chi connectivity index (χ4v) is 4.87. The number of methoxy groups -OCH3 is 3. The van der Waals surface area contributed by atoms with Crippen molar-refractivity contribution < 1.29 is 14.2 Å². The van der Waals surface area contributed by atoms with Crippen molar-refractivity contribution in [3.8, 4) is 23.3 Å². The SMILES string of the molecule is COc1ccc(C(C#N)(CCCN(C)C(C)c2ccc(OC)c3ncccc23)C(C)C)cc1OC. The van der Waals surface area contributed by atoms with Crippen LogP contribution in [-0.4, -0.2) is 44.8 Å². The number of fused-ring (bicyclic) bond motifs is 1. The summed E-state index contributed by atoms with van der Waals surface area (Å²) in [6.07, 6.45) is 3.43. The number of hydrogen-bond donors (Lipinski definition) is 0. The molecule has 0 bridgehead atoms. The van der Waals surface area contributed by atoms with Gasteiger partial charge in [-0.25, -0.2) is 0 Å². The molecule has 2 unspecified atom stereocenters. The summed E-state index contributed by atoms with van der Waals surface area (Å²) in [6.45, 7) is 7.30. The second-order valence-corrected chi connectivity index (χ2v) is 9.32. The zero-order valence-corrected chi connectivity index (χ0v) is 22.0. The summed E-state index contributed by atoms with van der Waals surface area (Å²) in [4.78, 5) is 6.88. The lowest BCUT2D eigenvalue weighted by Gasteiger charge is -2.33. The van der Waals surface area contributed by atoms with Crippen molar-refractivity contribution in [3.63, 3.8) is 0 Å². The molecule has 3 rings (SSSR count). The summed E-state index contributed by atoms with van der Waals surface area (Å²) < 4.78 is 16.4. The van der Waals surface area contributed by atoms with Crippen LogP contribution in [0.1, 0.15) is 50.8 Å². The van der Waals surface area contributed by atoms with E-state index in [1.165, 1.54) is 5.56 Å². The molecule has 0 N–H and O–H groups in total. The van der Waals surface area contributed by atoms with Crippen LogP contribution in [-0.2, 0) is 5.41 Å². The Bertz CT molecular complexity index is 1190. The normalized spacial score (nSPS) is 13.9. The topological polar surface area (TPSA) is 67.6 Å². The van der Waals surface area contributed by atoms with E-state index < -0.39 is 5.41 Å². The van der Waals surface area contributed by atoms with Gasteiger partial charge in [-0.1, -0.05) is 32.0 Å². The number of nitrogens with zero attached hydrogens (tertiary/aromatic N) is 3. The van der Waals surface area contributed by atoms with Gasteiger partial charge in [0.25, 0.3) is 0 Å². The van der Waals surface area contributed by atoms with Crippen molar-refractivity contribution in [1.82, 2.24) is 9.88 Å². The van der Waals surface area contributed by atoms with Crippen LogP contribution in [0.5, 0.6) is 17.2 Å². The van der Waals surface area contributed by atoms with Gasteiger partial charge in [-0.05, 0) is 74.7 Å². The molecule has 35 heavy (non-hydrogen) atoms. The molecule has 6 heteroatoms. The second kappa shape index (κ2) is 11.4. The van der Waals surface area contributed by atoms with E-state index in [2.05, 4.69) is 55.9 Å². The first kappa shape index (κ1) is 26.3. The van der Waals surface area contributed by atoms with Crippen molar-refractivity contribution in [2.45, 2.75) is 45.1 Å². The van der Waals surface area contributed by atoms with Crippen LogP contribution in [0.4, 0.5) is 0 Å². The van der Waals surface area contributed by atoms with Crippen molar-refractivity contribution in [1.29, 1.82) is 5.26 Å². The first-order valence-corrected chi connectivity index (χ1v) is 12.1. The summed E-state index contributed by atoms with van der Waals surface area (Å²) >= 11 is 0. The van der Waals surface area contributed by atoms with Crippen molar-refractivity contribution in [2.24, 2.45) is 5.92 Å². The van der Waals surface area contributed by atoms with E-state index >= 15 is 0 Å². The lowest BCUT2D eigenvalue weighted by Crippen LogP contribution is -2.32. The van der Waals surface area contributed by atoms with E-state index in [1.54, 1.807) is 27.5 Å². The first-order chi connectivity index (χ1) is 16.8. The highest BCUT2D eigenvalue weighted by Gasteiger charge is 2.36. The molecule has 0 saturated heterocycles. The zero-order valence-electron chi connectivity index (χ0n) is 22.0. The summed E-state index contributed by atoms with van der Waals surface area (Å²) in [5.74, 6) is 2.24. The third kappa shape index (κ3) is 5.21. The van der Waals surface area contributed by atoms with Gasteiger partial charge in [0.1, 0.15) is 11.3 Å². The van der Waals surface area contributed by atoms with Gasteiger partial charge in [-0.2, -0.15) is 5.26 Å². The van der Waals surface area contributed by atoms with E-state index in [9.17, 15) is 5.26 Å². The quantitative estimate of drug-likeness (QED) is 0.331. The molecule has 186 valence electrons. The van der Waals surface area contributed by atoms with Gasteiger partial charge in [0, 0.05) is 17.6 Å². The minimum Gasteiger partial charge on any atom is -0.494 e. The zero-order chi connectivity index (χ0) is 25.6. The van der Waals surface area contributed by atoms with Gasteiger partial charge < -0.3 is 14.2 Å². The smallest absolute Gasteiger partial charge is 0.161 e. The molecule has 2 aromatic carbocycles. The Balaban J connectivity index is 1.80. The first-order valence-electron chi connectivity index (χ1n) is 12.1. The number of pyridine rings is 1. The minimum atomic E-state index is -0.611. The van der Waals surface area contributed by atoms with E-state index in [-0.39, 0.29) is 12.0 Å². The molecule has 0 aliphatic heterocycles. The summed E-state index contributed by atoms with van der Waals surface area (Å²) in [5, 5.41) is 11.5. The number of rotatable bonds is 11. The second-order valence-electron chi connectivity index (χ2n) is 9.32. The van der Waals surface area contributed by atoms with Crippen LogP contribution in [0.2, 0.25) is 0 Å². The number of hydrogen-bond acceptors (Lipinski definition) is 6. The van der Waals surface area contributed by atoms with Gasteiger partial charge >= 0.3 is 0 Å². The fraction of sp³-hybridized carbons (Fsp3) is 0.448. The molecular weight excluding hydrogens is 438 g/mol. The average Bonchev–Trinajstić information content (AvgIpc) is 2.89. The van der Waals surface area contributed by atoms with E-state index in [1.807, 2.05) is 30.3 Å².